The van der Waals surface area contributed by atoms with E-state index in [0.717, 1.165) is 15.2 Å². The van der Waals surface area contributed by atoms with Crippen LogP contribution >= 0.6 is 11.3 Å². The molecule has 0 unspecified atom stereocenters. The summed E-state index contributed by atoms with van der Waals surface area (Å²) in [6.45, 7) is 1.95. The molecule has 0 aliphatic carbocycles. The molecule has 0 atom stereocenters. The molecule has 64 valence electrons. The molecule has 13 heavy (non-hydrogen) atoms. The van der Waals surface area contributed by atoms with Gasteiger partial charge in [0.25, 0.3) is 0 Å². The summed E-state index contributed by atoms with van der Waals surface area (Å²) in [5, 5.41) is 1.02. The van der Waals surface area contributed by atoms with E-state index in [4.69, 9.17) is 0 Å². The van der Waals surface area contributed by atoms with Gasteiger partial charge < -0.3 is 0 Å². The highest BCUT2D eigenvalue weighted by Crippen LogP contribution is 2.25. The highest BCUT2D eigenvalue weighted by atomic mass is 32.1. The van der Waals surface area contributed by atoms with E-state index in [-0.39, 0.29) is 0 Å². The Morgan fingerprint density at radius 3 is 3.15 bits per heavy atom. The van der Waals surface area contributed by atoms with Crippen LogP contribution in [0.5, 0.6) is 0 Å². The molecule has 0 amide bonds. The van der Waals surface area contributed by atoms with Crippen molar-refractivity contribution in [2.75, 3.05) is 0 Å². The van der Waals surface area contributed by atoms with Crippen LogP contribution in [0.4, 0.5) is 5.69 Å². The van der Waals surface area contributed by atoms with Crippen LogP contribution in [0.3, 0.4) is 0 Å². The van der Waals surface area contributed by atoms with Crippen LogP contribution in [0.1, 0.15) is 5.01 Å². The smallest absolute Gasteiger partial charge is 0.240 e. The Morgan fingerprint density at radius 2 is 2.38 bits per heavy atom. The van der Waals surface area contributed by atoms with Gasteiger partial charge in [0.1, 0.15) is 0 Å². The number of nitrogens with zero attached hydrogens (tertiary/aromatic N) is 2. The molecule has 4 heteroatoms. The maximum absolute atomic E-state index is 10.0. The zero-order valence-corrected chi connectivity index (χ0v) is 7.76. The van der Waals surface area contributed by atoms with Gasteiger partial charge in [0.05, 0.1) is 20.9 Å². The molecule has 0 aliphatic rings. The third-order valence-electron chi connectivity index (χ3n) is 1.65. The molecule has 0 spiro atoms. The molecule has 3 nitrogen and oxygen atoms in total. The highest BCUT2D eigenvalue weighted by molar-refractivity contribution is 7.18. The first kappa shape index (κ1) is 8.10. The molecular weight excluding hydrogens is 184 g/mol. The van der Waals surface area contributed by atoms with Crippen LogP contribution in [0.25, 0.3) is 10.2 Å². The van der Waals surface area contributed by atoms with Crippen molar-refractivity contribution in [3.05, 3.63) is 23.2 Å². The van der Waals surface area contributed by atoms with Crippen molar-refractivity contribution in [3.63, 3.8) is 0 Å². The lowest BCUT2D eigenvalue weighted by atomic mass is 10.3. The summed E-state index contributed by atoms with van der Waals surface area (Å²) in [6.07, 6.45) is 1.51. The largest absolute Gasteiger partial charge is 0.241 e. The first-order chi connectivity index (χ1) is 6.29. The van der Waals surface area contributed by atoms with Gasteiger partial charge in [-0.2, -0.15) is 4.99 Å². The fourth-order valence-corrected chi connectivity index (χ4v) is 1.96. The molecule has 0 saturated heterocycles. The molecular formula is C9H6N2OS. The van der Waals surface area contributed by atoms with Crippen molar-refractivity contribution in [2.45, 2.75) is 6.92 Å². The predicted octanol–water partition coefficient (Wildman–Crippen LogP) is 2.57. The van der Waals surface area contributed by atoms with Crippen LogP contribution in [0, 0.1) is 6.92 Å². The maximum atomic E-state index is 10.0. The first-order valence-corrected chi connectivity index (χ1v) is 4.56. The number of hydrogen-bond acceptors (Lipinski definition) is 4. The Labute approximate surface area is 78.8 Å². The summed E-state index contributed by atoms with van der Waals surface area (Å²) < 4.78 is 1.11. The van der Waals surface area contributed by atoms with Gasteiger partial charge in [-0.15, -0.1) is 11.3 Å². The molecule has 0 aliphatic heterocycles. The van der Waals surface area contributed by atoms with Crippen molar-refractivity contribution >= 4 is 33.3 Å². The van der Waals surface area contributed by atoms with E-state index < -0.39 is 0 Å². The molecule has 0 radical (unpaired) electrons. The number of isocyanates is 1. The molecule has 1 heterocycles. The zero-order valence-electron chi connectivity index (χ0n) is 6.94. The number of rotatable bonds is 1. The van der Waals surface area contributed by atoms with Crippen LogP contribution in [0.15, 0.2) is 23.2 Å². The Hall–Kier alpha value is -1.51. The van der Waals surface area contributed by atoms with E-state index in [9.17, 15) is 4.79 Å². The Balaban J connectivity index is 2.67. The lowest BCUT2D eigenvalue weighted by Gasteiger charge is -1.88. The van der Waals surface area contributed by atoms with Gasteiger partial charge in [-0.3, -0.25) is 0 Å². The van der Waals surface area contributed by atoms with Crippen molar-refractivity contribution in [2.24, 2.45) is 4.99 Å². The summed E-state index contributed by atoms with van der Waals surface area (Å²) in [5.74, 6) is 0. The molecule has 0 saturated carbocycles. The van der Waals surface area contributed by atoms with Crippen molar-refractivity contribution < 1.29 is 4.79 Å². The summed E-state index contributed by atoms with van der Waals surface area (Å²) in [4.78, 5) is 17.8. The SMILES string of the molecule is Cc1nc2cc(N=C=O)ccc2s1. The second-order valence-electron chi connectivity index (χ2n) is 2.59. The monoisotopic (exact) mass is 190 g/mol. The number of aromatic nitrogens is 1. The minimum absolute atomic E-state index is 0.604. The van der Waals surface area contributed by atoms with E-state index >= 15 is 0 Å². The number of hydrogen-bond donors (Lipinski definition) is 0. The third-order valence-corrected chi connectivity index (χ3v) is 2.60. The van der Waals surface area contributed by atoms with E-state index in [0.29, 0.717) is 5.69 Å². The van der Waals surface area contributed by atoms with Crippen molar-refractivity contribution in [1.29, 1.82) is 0 Å². The number of carbonyl (C=O) groups excluding carboxylic acids is 1. The van der Waals surface area contributed by atoms with Gasteiger partial charge >= 0.3 is 0 Å². The standard InChI is InChI=1S/C9H6N2OS/c1-6-11-8-4-7(10-5-12)2-3-9(8)13-6/h2-4H,1H3. The van der Waals surface area contributed by atoms with Crippen molar-refractivity contribution in [3.8, 4) is 0 Å². The van der Waals surface area contributed by atoms with Crippen LogP contribution < -0.4 is 0 Å². The fourth-order valence-electron chi connectivity index (χ4n) is 1.15. The molecule has 0 N–H and O–H groups in total. The number of benzene rings is 1. The first-order valence-electron chi connectivity index (χ1n) is 3.74. The van der Waals surface area contributed by atoms with Gasteiger partial charge in [-0.05, 0) is 25.1 Å². The number of fused-ring (bicyclic) bond motifs is 1. The van der Waals surface area contributed by atoms with Gasteiger partial charge in [-0.25, -0.2) is 9.78 Å². The fraction of sp³-hybridized carbons (Fsp3) is 0.111. The Bertz CT molecular complexity index is 497. The highest BCUT2D eigenvalue weighted by Gasteiger charge is 2.00. The average molecular weight is 190 g/mol. The van der Waals surface area contributed by atoms with Crippen LogP contribution in [-0.2, 0) is 4.79 Å². The summed E-state index contributed by atoms with van der Waals surface area (Å²) in [5.41, 5.74) is 1.49. The number of thiazole rings is 1. The Kier molecular flexibility index (Phi) is 1.93. The van der Waals surface area contributed by atoms with E-state index in [1.165, 1.54) is 6.08 Å². The van der Waals surface area contributed by atoms with Gasteiger partial charge in [0, 0.05) is 0 Å². The molecule has 0 bridgehead atoms. The Morgan fingerprint density at radius 1 is 1.54 bits per heavy atom. The number of aliphatic imine (C=N–C) groups is 1. The van der Waals surface area contributed by atoms with Gasteiger partial charge in [0.2, 0.25) is 6.08 Å². The van der Waals surface area contributed by atoms with Gasteiger partial charge in [-0.1, -0.05) is 0 Å². The summed E-state index contributed by atoms with van der Waals surface area (Å²) in [6, 6.07) is 5.48. The molecule has 2 rings (SSSR count). The molecule has 1 aromatic heterocycles. The molecule has 2 aromatic rings. The van der Waals surface area contributed by atoms with Crippen LogP contribution in [-0.4, -0.2) is 11.1 Å². The number of aryl methyl sites for hydroxylation is 1. The average Bonchev–Trinajstić information content (AvgIpc) is 2.44. The van der Waals surface area contributed by atoms with E-state index in [2.05, 4.69) is 9.98 Å². The second kappa shape index (κ2) is 3.09. The lowest BCUT2D eigenvalue weighted by molar-refractivity contribution is 0.565. The molecule has 0 fully saturated rings. The quantitative estimate of drug-likeness (QED) is 0.512. The van der Waals surface area contributed by atoms with E-state index in [1.807, 2.05) is 13.0 Å². The van der Waals surface area contributed by atoms with E-state index in [1.54, 1.807) is 23.5 Å². The lowest BCUT2D eigenvalue weighted by Crippen LogP contribution is -1.68. The minimum atomic E-state index is 0.604. The zero-order chi connectivity index (χ0) is 9.26. The third kappa shape index (κ3) is 1.49. The maximum Gasteiger partial charge on any atom is 0.240 e. The summed E-state index contributed by atoms with van der Waals surface area (Å²) in [7, 11) is 0. The van der Waals surface area contributed by atoms with Crippen LogP contribution in [0.2, 0.25) is 0 Å². The second-order valence-corrected chi connectivity index (χ2v) is 3.82. The normalized spacial score (nSPS) is 9.92. The van der Waals surface area contributed by atoms with Gasteiger partial charge in [0.15, 0.2) is 0 Å². The van der Waals surface area contributed by atoms with Crippen molar-refractivity contribution in [1.82, 2.24) is 4.98 Å². The predicted molar refractivity (Wildman–Crippen MR) is 52.1 cm³/mol. The minimum Gasteiger partial charge on any atom is -0.241 e. The topological polar surface area (TPSA) is 42.3 Å². The summed E-state index contributed by atoms with van der Waals surface area (Å²) >= 11 is 1.63. The molecule has 1 aromatic carbocycles.